The number of benzene rings is 1. The Labute approximate surface area is 230 Å². The zero-order valence-electron chi connectivity index (χ0n) is 22.6. The zero-order valence-corrected chi connectivity index (χ0v) is 24.1. The van der Waals surface area contributed by atoms with E-state index in [4.69, 9.17) is 21.6 Å². The summed E-state index contributed by atoms with van der Waals surface area (Å²) in [4.78, 5) is 11.9. The molecule has 1 aromatic carbocycles. The molecule has 1 amide bonds. The van der Waals surface area contributed by atoms with Gasteiger partial charge in [0.05, 0.1) is 17.8 Å². The highest BCUT2D eigenvalue weighted by atomic mass is 35.5. The number of amides is 1. The first-order valence-electron chi connectivity index (χ1n) is 11.8. The van der Waals surface area contributed by atoms with Crippen LogP contribution in [0.5, 0.6) is 5.75 Å². The van der Waals surface area contributed by atoms with Crippen molar-refractivity contribution < 1.29 is 35.9 Å². The van der Waals surface area contributed by atoms with Crippen LogP contribution in [-0.4, -0.2) is 48.7 Å². The number of nitrogens with one attached hydrogen (secondary N) is 1. The highest BCUT2D eigenvalue weighted by molar-refractivity contribution is 7.93. The smallest absolute Gasteiger partial charge is 0.427 e. The van der Waals surface area contributed by atoms with Gasteiger partial charge in [0.25, 0.3) is 10.0 Å². The van der Waals surface area contributed by atoms with Crippen LogP contribution in [0.1, 0.15) is 48.5 Å². The lowest BCUT2D eigenvalue weighted by atomic mass is 10.0. The number of nitriles is 1. The molecular weight excluding hydrogens is 563 g/mol. The Hall–Kier alpha value is -3.18. The van der Waals surface area contributed by atoms with E-state index in [1.807, 2.05) is 20.8 Å². The fraction of sp³-hybridized carbons (Fsp3) is 0.542. The summed E-state index contributed by atoms with van der Waals surface area (Å²) in [6.45, 7) is 10.9. The van der Waals surface area contributed by atoms with E-state index in [0.717, 1.165) is 4.31 Å². The van der Waals surface area contributed by atoms with Crippen molar-refractivity contribution in [3.8, 4) is 11.8 Å². The van der Waals surface area contributed by atoms with E-state index in [-0.39, 0.29) is 39.2 Å². The molecule has 0 bridgehead atoms. The Balaban J connectivity index is 0.000000798. The second kappa shape index (κ2) is 11.5. The largest absolute Gasteiger partial charge is 0.489 e. The van der Waals surface area contributed by atoms with Gasteiger partial charge in [0.15, 0.2) is 5.15 Å². The number of nitrogens with zero attached hydrogens (tertiary/aromatic N) is 4. The molecule has 1 aromatic heterocycles. The van der Waals surface area contributed by atoms with Gasteiger partial charge in [-0.2, -0.15) is 23.5 Å². The van der Waals surface area contributed by atoms with Crippen LogP contribution < -0.4 is 14.4 Å². The molecule has 0 spiro atoms. The lowest BCUT2D eigenvalue weighted by molar-refractivity contribution is -0.242. The van der Waals surface area contributed by atoms with Crippen LogP contribution in [0.2, 0.25) is 5.15 Å². The summed E-state index contributed by atoms with van der Waals surface area (Å²) < 4.78 is 78.4. The number of carbonyl (C=O) groups is 1. The summed E-state index contributed by atoms with van der Waals surface area (Å²) in [6, 6.07) is 5.46. The summed E-state index contributed by atoms with van der Waals surface area (Å²) in [6.07, 6.45) is -4.84. The van der Waals surface area contributed by atoms with E-state index in [1.54, 1.807) is 13.8 Å². The van der Waals surface area contributed by atoms with Gasteiger partial charge < -0.3 is 9.47 Å². The highest BCUT2D eigenvalue weighted by Gasteiger charge is 2.51. The molecule has 39 heavy (non-hydrogen) atoms. The molecule has 1 aliphatic heterocycles. The first kappa shape index (κ1) is 32.0. The molecule has 1 aliphatic rings. The maximum absolute atomic E-state index is 13.4. The quantitative estimate of drug-likeness (QED) is 0.452. The van der Waals surface area contributed by atoms with Gasteiger partial charge in [0, 0.05) is 23.8 Å². The second-order valence-corrected chi connectivity index (χ2v) is 12.3. The minimum atomic E-state index is -4.78. The summed E-state index contributed by atoms with van der Waals surface area (Å²) in [5.41, 5.74) is -2.80. The molecule has 15 heteroatoms. The number of rotatable bonds is 5. The lowest BCUT2D eigenvalue weighted by Crippen LogP contribution is -2.45. The number of fused-ring (bicyclic) bond motifs is 1. The van der Waals surface area contributed by atoms with E-state index < -0.39 is 33.9 Å². The molecule has 2 aromatic rings. The van der Waals surface area contributed by atoms with Crippen molar-refractivity contribution in [3.05, 3.63) is 29.5 Å². The van der Waals surface area contributed by atoms with E-state index in [1.165, 1.54) is 29.1 Å². The number of hydrogen-bond donors (Lipinski definition) is 1. The molecule has 0 aliphatic carbocycles. The number of halogens is 4. The molecule has 1 N–H and O–H groups in total. The monoisotopic (exact) mass is 593 g/mol. The number of anilines is 2. The Morgan fingerprint density at radius 2 is 1.87 bits per heavy atom. The molecular formula is C24H31ClF3N5O5S. The van der Waals surface area contributed by atoms with Crippen LogP contribution in [0, 0.1) is 16.7 Å². The van der Waals surface area contributed by atoms with Crippen molar-refractivity contribution in [1.82, 2.24) is 9.78 Å². The molecule has 3 rings (SSSR count). The number of alkyl halides is 3. The Morgan fingerprint density at radius 1 is 1.28 bits per heavy atom. The van der Waals surface area contributed by atoms with Gasteiger partial charge in [0.1, 0.15) is 17.3 Å². The van der Waals surface area contributed by atoms with Crippen molar-refractivity contribution in [3.63, 3.8) is 0 Å². The number of aryl methyl sites for hydroxylation is 1. The van der Waals surface area contributed by atoms with Gasteiger partial charge in [-0.05, 0) is 66.7 Å². The van der Waals surface area contributed by atoms with E-state index in [9.17, 15) is 26.4 Å². The van der Waals surface area contributed by atoms with Crippen LogP contribution in [0.3, 0.4) is 0 Å². The number of carbonyl (C=O) groups excluding carboxylic acids is 1. The molecule has 1 unspecified atom stereocenters. The average molecular weight is 594 g/mol. The first-order chi connectivity index (χ1) is 17.7. The molecule has 2 heterocycles. The normalized spacial score (nSPS) is 15.7. The van der Waals surface area contributed by atoms with Gasteiger partial charge in [-0.15, -0.1) is 0 Å². The Kier molecular flexibility index (Phi) is 9.46. The van der Waals surface area contributed by atoms with Gasteiger partial charge in [-0.3, -0.25) is 14.3 Å². The zero-order chi connectivity index (χ0) is 30.0. The third-order valence-corrected chi connectivity index (χ3v) is 7.56. The van der Waals surface area contributed by atoms with Crippen LogP contribution in [0.15, 0.2) is 29.3 Å². The molecule has 216 valence electrons. The minimum Gasteiger partial charge on any atom is -0.489 e. The van der Waals surface area contributed by atoms with Crippen molar-refractivity contribution in [2.45, 2.75) is 77.7 Å². The van der Waals surface area contributed by atoms with Gasteiger partial charge >= 0.3 is 12.3 Å². The van der Waals surface area contributed by atoms with Crippen molar-refractivity contribution in [2.75, 3.05) is 16.2 Å². The van der Waals surface area contributed by atoms with Crippen LogP contribution in [0.25, 0.3) is 0 Å². The van der Waals surface area contributed by atoms with Gasteiger partial charge in [0.2, 0.25) is 5.60 Å². The number of hydrogen-bond acceptors (Lipinski definition) is 7. The predicted molar refractivity (Wildman–Crippen MR) is 139 cm³/mol. The van der Waals surface area contributed by atoms with Crippen molar-refractivity contribution in [1.29, 1.82) is 5.26 Å². The molecule has 0 saturated carbocycles. The molecule has 0 radical (unpaired) electrons. The average Bonchev–Trinajstić information content (AvgIpc) is 3.19. The Morgan fingerprint density at radius 3 is 2.36 bits per heavy atom. The number of ether oxygens (including phenoxy) is 2. The van der Waals surface area contributed by atoms with Gasteiger partial charge in [-0.1, -0.05) is 11.6 Å². The van der Waals surface area contributed by atoms with E-state index in [2.05, 4.69) is 21.2 Å². The summed E-state index contributed by atoms with van der Waals surface area (Å²) in [7, 11) is -4.19. The molecule has 0 fully saturated rings. The third-order valence-electron chi connectivity index (χ3n) is 5.24. The topological polar surface area (TPSA) is 127 Å². The maximum Gasteiger partial charge on any atom is 0.427 e. The maximum atomic E-state index is 13.4. The van der Waals surface area contributed by atoms with Crippen LogP contribution >= 0.6 is 11.6 Å². The summed E-state index contributed by atoms with van der Waals surface area (Å²) in [5.74, 6) is 0.199. The molecule has 1 atom stereocenters. The fourth-order valence-electron chi connectivity index (χ4n) is 3.02. The highest BCUT2D eigenvalue weighted by Crippen LogP contribution is 2.41. The van der Waals surface area contributed by atoms with Gasteiger partial charge in [-0.25, -0.2) is 13.2 Å². The third kappa shape index (κ3) is 7.69. The van der Waals surface area contributed by atoms with Crippen molar-refractivity contribution >= 4 is 39.1 Å². The Bertz CT molecular complexity index is 1350. The number of sulfonamides is 1. The standard InChI is InChI=1S/C19H22ClF3N4O5S.C5H9N/c1-5-26-9-15(16(20)25-26)33(29,30)27-11(2)10-31-14-7-6-12(8-13(14)27)24-17(28)32-18(3,4)19(21,22)23;1-5(2,3)4-6/h6-9,11H,5,10H2,1-4H3,(H,24,28);1-3H3. The molecule has 0 saturated heterocycles. The van der Waals surface area contributed by atoms with Crippen LogP contribution in [-0.2, 0) is 21.3 Å². The van der Waals surface area contributed by atoms with E-state index in [0.29, 0.717) is 20.4 Å². The predicted octanol–water partition coefficient (Wildman–Crippen LogP) is 5.98. The van der Waals surface area contributed by atoms with Crippen molar-refractivity contribution in [2.24, 2.45) is 5.41 Å². The van der Waals surface area contributed by atoms with E-state index >= 15 is 0 Å². The first-order valence-corrected chi connectivity index (χ1v) is 13.6. The minimum absolute atomic E-state index is 0.00461. The lowest BCUT2D eigenvalue weighted by Gasteiger charge is -2.35. The second-order valence-electron chi connectivity index (χ2n) is 10.2. The molecule has 10 nitrogen and oxygen atoms in total. The summed E-state index contributed by atoms with van der Waals surface area (Å²) in [5, 5.41) is 14.1. The fourth-order valence-corrected chi connectivity index (χ4v) is 5.12. The summed E-state index contributed by atoms with van der Waals surface area (Å²) >= 11 is 6.07. The SMILES string of the molecule is CC(C)(C)C#N.CCn1cc(S(=O)(=O)N2c3cc(NC(=O)OC(C)(C)C(F)(F)F)ccc3OCC2C)c(Cl)n1. The van der Waals surface area contributed by atoms with Crippen LogP contribution in [0.4, 0.5) is 29.3 Å². The number of aromatic nitrogens is 2.